The van der Waals surface area contributed by atoms with Gasteiger partial charge in [0.15, 0.2) is 0 Å². The highest BCUT2D eigenvalue weighted by Crippen LogP contribution is 2.28. The molecule has 0 unspecified atom stereocenters. The van der Waals surface area contributed by atoms with Crippen LogP contribution >= 0.6 is 27.5 Å². The van der Waals surface area contributed by atoms with Crippen LogP contribution in [0.3, 0.4) is 0 Å². The van der Waals surface area contributed by atoms with Crippen LogP contribution in [0.2, 0.25) is 5.02 Å². The van der Waals surface area contributed by atoms with Crippen LogP contribution in [-0.4, -0.2) is 192 Å². The van der Waals surface area contributed by atoms with E-state index < -0.39 is 5.91 Å². The molecule has 0 radical (unpaired) electrons. The normalized spacial score (nSPS) is 14.2. The first-order valence-electron chi connectivity index (χ1n) is 35.8. The molecule has 15 rings (SSSR count). The molecule has 12 aromatic rings. The number of nitrogen functional groups attached to an aromatic ring is 3. The summed E-state index contributed by atoms with van der Waals surface area (Å²) in [6.45, 7) is 14.4. The quantitative estimate of drug-likeness (QED) is 0.0619. The van der Waals surface area contributed by atoms with Gasteiger partial charge in [0.25, 0.3) is 17.7 Å². The third-order valence-electron chi connectivity index (χ3n) is 18.9. The summed E-state index contributed by atoms with van der Waals surface area (Å²) in [6, 6.07) is 32.5. The second kappa shape index (κ2) is 36.3. The third-order valence-corrected chi connectivity index (χ3v) is 20.0. The number of carbonyl (C=O) groups is 3. The second-order valence-corrected chi connectivity index (χ2v) is 28.3. The maximum absolute atomic E-state index is 14.8. The molecular weight excluding hydrogens is 1490 g/mol. The van der Waals surface area contributed by atoms with Crippen LogP contribution in [0.15, 0.2) is 188 Å². The topological polar surface area (TPSA) is 301 Å². The van der Waals surface area contributed by atoms with Crippen LogP contribution < -0.4 is 33.2 Å². The summed E-state index contributed by atoms with van der Waals surface area (Å²) >= 11 is 10.2. The van der Waals surface area contributed by atoms with Crippen LogP contribution in [0.5, 0.6) is 0 Å². The zero-order chi connectivity index (χ0) is 77.3. The lowest BCUT2D eigenvalue weighted by Crippen LogP contribution is -2.44. The Morgan fingerprint density at radius 2 is 0.748 bits per heavy atom. The Balaban J connectivity index is 0.000000146. The van der Waals surface area contributed by atoms with E-state index in [-0.39, 0.29) is 17.6 Å². The lowest BCUT2D eigenvalue weighted by Gasteiger charge is -2.32. The molecule has 12 heterocycles. The lowest BCUT2D eigenvalue weighted by molar-refractivity contribution is 0.101. The summed E-state index contributed by atoms with van der Waals surface area (Å²) in [7, 11) is 6.37. The molecule has 3 fully saturated rings. The molecule has 3 amide bonds. The van der Waals surface area contributed by atoms with Crippen molar-refractivity contribution in [2.45, 2.75) is 19.6 Å². The van der Waals surface area contributed by atoms with Gasteiger partial charge in [-0.15, -0.1) is 0 Å². The van der Waals surface area contributed by atoms with Gasteiger partial charge in [-0.25, -0.2) is 19.3 Å². The molecule has 558 valence electrons. The first kappa shape index (κ1) is 76.9. The van der Waals surface area contributed by atoms with Crippen molar-refractivity contribution in [2.24, 2.45) is 0 Å². The second-order valence-electron chi connectivity index (χ2n) is 27.0. The zero-order valence-corrected chi connectivity index (χ0v) is 63.6. The van der Waals surface area contributed by atoms with Crippen molar-refractivity contribution in [2.75, 3.05) is 133 Å². The third kappa shape index (κ3) is 20.4. The van der Waals surface area contributed by atoms with Crippen molar-refractivity contribution < 1.29 is 18.8 Å². The van der Waals surface area contributed by atoms with E-state index >= 15 is 0 Å². The number of nitrogens with one attached hydrogen (secondary N) is 3. The Kier molecular flexibility index (Phi) is 25.2. The van der Waals surface area contributed by atoms with Gasteiger partial charge in [-0.3, -0.25) is 59.0 Å². The van der Waals surface area contributed by atoms with Gasteiger partial charge in [0, 0.05) is 238 Å². The Bertz CT molecular complexity index is 5110. The lowest BCUT2D eigenvalue weighted by atomic mass is 10.1. The number of hydrogen-bond donors (Lipinski definition) is 6. The monoisotopic (exact) mass is 1560 g/mol. The molecule has 0 aliphatic carbocycles. The fourth-order valence-corrected chi connectivity index (χ4v) is 13.2. The van der Waals surface area contributed by atoms with E-state index in [1.165, 1.54) is 30.2 Å². The number of carbonyl (C=O) groups excluding carboxylic acids is 3. The summed E-state index contributed by atoms with van der Waals surface area (Å²) < 4.78 is 15.7. The van der Waals surface area contributed by atoms with E-state index in [4.69, 9.17) is 28.8 Å². The smallest absolute Gasteiger partial charge is 0.257 e. The molecule has 3 saturated heterocycles. The number of nitrogens with zero attached hydrogens (tertiary/aromatic N) is 15. The molecule has 3 aliphatic heterocycles. The maximum Gasteiger partial charge on any atom is 0.257 e. The number of amides is 3. The minimum atomic E-state index is -0.397. The number of fused-ring (bicyclic) bond motifs is 3. The Labute approximate surface area is 655 Å². The molecule has 24 nitrogen and oxygen atoms in total. The van der Waals surface area contributed by atoms with Crippen molar-refractivity contribution in [1.29, 1.82) is 0 Å². The number of aromatic nitrogens is 9. The van der Waals surface area contributed by atoms with Gasteiger partial charge in [-0.2, -0.15) is 0 Å². The molecule has 0 atom stereocenters. The number of rotatable bonds is 12. The highest BCUT2D eigenvalue weighted by Gasteiger charge is 2.21. The van der Waals surface area contributed by atoms with Crippen LogP contribution in [0.1, 0.15) is 81.1 Å². The fraction of sp³-hybridized carbons (Fsp3) is 0.214. The van der Waals surface area contributed by atoms with Gasteiger partial charge in [-0.05, 0) is 123 Å². The number of anilines is 6. The first-order valence-corrected chi connectivity index (χ1v) is 37.0. The van der Waals surface area contributed by atoms with Gasteiger partial charge < -0.3 is 47.9 Å². The highest BCUT2D eigenvalue weighted by molar-refractivity contribution is 9.10. The van der Waals surface area contributed by atoms with E-state index in [2.05, 4.69) is 169 Å². The molecule has 0 bridgehead atoms. The van der Waals surface area contributed by atoms with E-state index in [1.54, 1.807) is 98.2 Å². The largest absolute Gasteiger partial charge is 0.382 e. The average Bonchev–Trinajstić information content (AvgIpc) is 0.809. The summed E-state index contributed by atoms with van der Waals surface area (Å²) in [6.07, 6.45) is 19.1. The van der Waals surface area contributed by atoms with Gasteiger partial charge in [-0.1, -0.05) is 81.3 Å². The molecule has 9 N–H and O–H groups in total. The summed E-state index contributed by atoms with van der Waals surface area (Å²) in [5.74, 6) is 18.2. The standard InChI is InChI=1S/C28H26BrN7O.C28H26ClN7O.C28H26FN7O/c3*1-35-9-11-36(12-10-35)18-21-6-7-23(14-25(21)29)34-28(37)22-13-19(15-31-16-22)4-5-20-17-33-27(30)26-24(20)3-2-8-32-26/h3*2-3,6-8,13-17H,9-12,18H2,1H3,(H2,30,33)(H,34,37). The molecule has 3 aromatic carbocycles. The number of benzene rings is 3. The van der Waals surface area contributed by atoms with Crippen LogP contribution in [0.4, 0.5) is 38.9 Å². The minimum Gasteiger partial charge on any atom is -0.382 e. The SMILES string of the molecule is CN1CCN(Cc2ccc(NC(=O)c3cncc(C#Cc4cnc(N)c5ncccc45)c3)cc2Br)CC1.CN1CCN(Cc2ccc(NC(=O)c3cncc(C#Cc4cnc(N)c5ncccc45)c3)cc2Cl)CC1.CN1CCN(Cc2ccc(NC(=O)c3cncc(C#Cc4cnc(N)c5ncccc45)c3)cc2F)CC1. The highest BCUT2D eigenvalue weighted by atomic mass is 79.9. The van der Waals surface area contributed by atoms with Crippen molar-refractivity contribution >= 4 is 112 Å². The van der Waals surface area contributed by atoms with Crippen molar-refractivity contribution in [1.82, 2.24) is 74.3 Å². The average molecular weight is 1560 g/mol. The molecule has 27 heteroatoms. The van der Waals surface area contributed by atoms with E-state index in [1.807, 2.05) is 54.6 Å². The molecule has 0 saturated carbocycles. The summed E-state index contributed by atoms with van der Waals surface area (Å²) in [5, 5.41) is 11.7. The number of halogens is 3. The molecule has 3 aliphatic rings. The van der Waals surface area contributed by atoms with Crippen molar-refractivity contribution in [3.63, 3.8) is 0 Å². The van der Waals surface area contributed by atoms with Gasteiger partial charge in [0.05, 0.1) is 33.4 Å². The number of pyridine rings is 9. The van der Waals surface area contributed by atoms with Crippen molar-refractivity contribution in [3.05, 3.63) is 266 Å². The van der Waals surface area contributed by atoms with Crippen LogP contribution in [-0.2, 0) is 19.6 Å². The number of piperazine rings is 3. The van der Waals surface area contributed by atoms with Gasteiger partial charge >= 0.3 is 0 Å². The first-order chi connectivity index (χ1) is 53.9. The van der Waals surface area contributed by atoms with E-state index in [0.29, 0.717) is 118 Å². The number of nitrogens with two attached hydrogens (primary N) is 3. The van der Waals surface area contributed by atoms with Crippen LogP contribution in [0.25, 0.3) is 32.7 Å². The van der Waals surface area contributed by atoms with Crippen LogP contribution in [0, 0.1) is 41.3 Å². The Hall–Kier alpha value is -12.3. The molecule has 111 heavy (non-hydrogen) atoms. The van der Waals surface area contributed by atoms with Crippen molar-refractivity contribution in [3.8, 4) is 35.5 Å². The van der Waals surface area contributed by atoms with Gasteiger partial charge in [0.1, 0.15) is 39.8 Å². The van der Waals surface area contributed by atoms with E-state index in [9.17, 15) is 18.8 Å². The number of likely N-dealkylation sites (N-methyl/N-ethyl adjacent to an activating group) is 3. The maximum atomic E-state index is 14.8. The zero-order valence-electron chi connectivity index (χ0n) is 61.2. The predicted molar refractivity (Wildman–Crippen MR) is 437 cm³/mol. The molecule has 0 spiro atoms. The number of hydrogen-bond acceptors (Lipinski definition) is 21. The van der Waals surface area contributed by atoms with E-state index in [0.717, 1.165) is 118 Å². The Morgan fingerprint density at radius 3 is 1.11 bits per heavy atom. The van der Waals surface area contributed by atoms with Gasteiger partial charge in [0.2, 0.25) is 0 Å². The summed E-state index contributed by atoms with van der Waals surface area (Å²) in [4.78, 5) is 90.6. The summed E-state index contributed by atoms with van der Waals surface area (Å²) in [5.41, 5.74) is 29.1. The Morgan fingerprint density at radius 1 is 0.414 bits per heavy atom. The fourth-order valence-electron chi connectivity index (χ4n) is 12.5. The molecule has 9 aromatic heterocycles. The molecular formula is C84H78BrClFN21O3. The predicted octanol–water partition coefficient (Wildman–Crippen LogP) is 10.6. The minimum absolute atomic E-state index is 0.251.